The Morgan fingerprint density at radius 2 is 1.81 bits per heavy atom. The predicted octanol–water partition coefficient (Wildman–Crippen LogP) is 1.26. The van der Waals surface area contributed by atoms with E-state index in [1.54, 1.807) is 0 Å². The lowest BCUT2D eigenvalue weighted by atomic mass is 10.0. The van der Waals surface area contributed by atoms with Gasteiger partial charge >= 0.3 is 0 Å². The maximum atomic E-state index is 12.9. The highest BCUT2D eigenvalue weighted by Crippen LogP contribution is 2.23. The van der Waals surface area contributed by atoms with Crippen LogP contribution in [0.4, 0.5) is 0 Å². The molecule has 2 fully saturated rings. The van der Waals surface area contributed by atoms with Crippen LogP contribution >= 0.6 is 0 Å². The number of benzene rings is 1. The second kappa shape index (κ2) is 6.26. The van der Waals surface area contributed by atoms with Crippen molar-refractivity contribution in [2.75, 3.05) is 19.8 Å². The molecule has 1 unspecified atom stereocenters. The molecule has 1 N–H and O–H groups in total. The second-order valence-electron chi connectivity index (χ2n) is 5.54. The van der Waals surface area contributed by atoms with Gasteiger partial charge in [-0.15, -0.1) is 0 Å². The number of hydrogen-bond donors (Lipinski definition) is 1. The Balaban J connectivity index is 1.85. The predicted molar refractivity (Wildman–Crippen MR) is 77.5 cm³/mol. The van der Waals surface area contributed by atoms with Crippen LogP contribution in [0.15, 0.2) is 30.3 Å². The number of carbonyl (C=O) groups excluding carboxylic acids is 2. The fourth-order valence-corrected chi connectivity index (χ4v) is 3.02. The van der Waals surface area contributed by atoms with E-state index in [4.69, 9.17) is 4.74 Å². The summed E-state index contributed by atoms with van der Waals surface area (Å²) >= 11 is 0. The molecular weight excluding hydrogens is 268 g/mol. The lowest BCUT2D eigenvalue weighted by Gasteiger charge is -2.34. The van der Waals surface area contributed by atoms with E-state index >= 15 is 0 Å². The molecule has 112 valence electrons. The molecule has 2 aliphatic rings. The highest BCUT2D eigenvalue weighted by atomic mass is 16.5. The summed E-state index contributed by atoms with van der Waals surface area (Å²) in [4.78, 5) is 26.7. The normalized spacial score (nSPS) is 24.6. The van der Waals surface area contributed by atoms with E-state index in [0.717, 1.165) is 18.4 Å². The molecule has 2 aliphatic heterocycles. The largest absolute Gasteiger partial charge is 0.381 e. The molecule has 0 saturated carbocycles. The van der Waals surface area contributed by atoms with Crippen molar-refractivity contribution in [1.29, 1.82) is 0 Å². The minimum atomic E-state index is -0.566. The third-order valence-corrected chi connectivity index (χ3v) is 4.18. The molecule has 5 nitrogen and oxygen atoms in total. The van der Waals surface area contributed by atoms with Crippen molar-refractivity contribution in [2.24, 2.45) is 0 Å². The van der Waals surface area contributed by atoms with Gasteiger partial charge in [0, 0.05) is 32.2 Å². The zero-order valence-electron chi connectivity index (χ0n) is 12.0. The third-order valence-electron chi connectivity index (χ3n) is 4.18. The molecule has 21 heavy (non-hydrogen) atoms. The Morgan fingerprint density at radius 3 is 2.52 bits per heavy atom. The first-order valence-electron chi connectivity index (χ1n) is 7.48. The maximum absolute atomic E-state index is 12.9. The molecule has 1 aromatic carbocycles. The minimum Gasteiger partial charge on any atom is -0.381 e. The molecular formula is C16H20N2O3. The van der Waals surface area contributed by atoms with Gasteiger partial charge in [0.2, 0.25) is 11.8 Å². The molecule has 2 amide bonds. The number of hydrogen-bond acceptors (Lipinski definition) is 3. The van der Waals surface area contributed by atoms with Crippen LogP contribution in [0.3, 0.4) is 0 Å². The van der Waals surface area contributed by atoms with Gasteiger partial charge in [-0.05, 0) is 18.4 Å². The van der Waals surface area contributed by atoms with Crippen molar-refractivity contribution >= 4 is 11.8 Å². The van der Waals surface area contributed by atoms with Crippen molar-refractivity contribution in [3.63, 3.8) is 0 Å². The average Bonchev–Trinajstić information content (AvgIpc) is 2.68. The van der Waals surface area contributed by atoms with E-state index in [1.807, 2.05) is 35.2 Å². The van der Waals surface area contributed by atoms with Crippen molar-refractivity contribution < 1.29 is 14.3 Å². The van der Waals surface area contributed by atoms with E-state index in [1.165, 1.54) is 0 Å². The van der Waals surface area contributed by atoms with Gasteiger partial charge in [0.05, 0.1) is 0 Å². The fourth-order valence-electron chi connectivity index (χ4n) is 3.02. The molecule has 0 radical (unpaired) electrons. The smallest absolute Gasteiger partial charge is 0.250 e. The van der Waals surface area contributed by atoms with Crippen LogP contribution in [0.25, 0.3) is 0 Å². The van der Waals surface area contributed by atoms with E-state index in [9.17, 15) is 9.59 Å². The summed E-state index contributed by atoms with van der Waals surface area (Å²) in [5.74, 6) is -0.0642. The molecule has 2 saturated heterocycles. The van der Waals surface area contributed by atoms with Crippen LogP contribution in [0.2, 0.25) is 0 Å². The van der Waals surface area contributed by atoms with Crippen molar-refractivity contribution in [2.45, 2.75) is 31.3 Å². The van der Waals surface area contributed by atoms with Gasteiger partial charge in [-0.1, -0.05) is 30.3 Å². The Kier molecular flexibility index (Phi) is 4.20. The van der Waals surface area contributed by atoms with Crippen LogP contribution in [-0.2, 0) is 14.3 Å². The monoisotopic (exact) mass is 288 g/mol. The van der Waals surface area contributed by atoms with Gasteiger partial charge in [0.25, 0.3) is 0 Å². The zero-order valence-corrected chi connectivity index (χ0v) is 12.0. The number of nitrogens with one attached hydrogen (secondary N) is 1. The summed E-state index contributed by atoms with van der Waals surface area (Å²) < 4.78 is 5.37. The van der Waals surface area contributed by atoms with Gasteiger partial charge in [0.15, 0.2) is 0 Å². The summed E-state index contributed by atoms with van der Waals surface area (Å²) in [5, 5.41) is 2.85. The Morgan fingerprint density at radius 1 is 1.10 bits per heavy atom. The summed E-state index contributed by atoms with van der Waals surface area (Å²) in [6, 6.07) is 9.07. The van der Waals surface area contributed by atoms with Crippen LogP contribution in [0.5, 0.6) is 0 Å². The topological polar surface area (TPSA) is 58.6 Å². The first-order valence-corrected chi connectivity index (χ1v) is 7.48. The second-order valence-corrected chi connectivity index (χ2v) is 5.54. The van der Waals surface area contributed by atoms with Crippen LogP contribution < -0.4 is 5.32 Å². The van der Waals surface area contributed by atoms with Crippen molar-refractivity contribution in [1.82, 2.24) is 10.2 Å². The van der Waals surface area contributed by atoms with Crippen LogP contribution in [0, 0.1) is 0 Å². The molecule has 1 atom stereocenters. The number of carbonyl (C=O) groups is 2. The Bertz CT molecular complexity index is 512. The van der Waals surface area contributed by atoms with E-state index in [-0.39, 0.29) is 17.9 Å². The Hall–Kier alpha value is -1.88. The first kappa shape index (κ1) is 14.1. The number of amides is 2. The quantitative estimate of drug-likeness (QED) is 0.891. The molecule has 0 aliphatic carbocycles. The summed E-state index contributed by atoms with van der Waals surface area (Å²) in [6.07, 6.45) is 2.06. The molecule has 0 aromatic heterocycles. The minimum absolute atomic E-state index is 0.000972. The van der Waals surface area contributed by atoms with Crippen LogP contribution in [0.1, 0.15) is 30.9 Å². The number of nitrogens with zero attached hydrogens (tertiary/aromatic N) is 1. The van der Waals surface area contributed by atoms with E-state index < -0.39 is 6.04 Å². The van der Waals surface area contributed by atoms with Gasteiger partial charge in [0.1, 0.15) is 6.04 Å². The van der Waals surface area contributed by atoms with Gasteiger partial charge in [-0.25, -0.2) is 0 Å². The van der Waals surface area contributed by atoms with Gasteiger partial charge < -0.3 is 15.0 Å². The maximum Gasteiger partial charge on any atom is 0.250 e. The average molecular weight is 288 g/mol. The molecule has 1 aromatic rings. The highest BCUT2D eigenvalue weighted by Gasteiger charge is 2.35. The molecule has 5 heteroatoms. The molecule has 3 rings (SSSR count). The Labute approximate surface area is 124 Å². The SMILES string of the molecule is O=C1CCN(C2CCOCC2)C(=O)C(c2ccccc2)N1. The third kappa shape index (κ3) is 3.08. The van der Waals surface area contributed by atoms with Gasteiger partial charge in [-0.2, -0.15) is 0 Å². The lowest BCUT2D eigenvalue weighted by molar-refractivity contribution is -0.137. The summed E-state index contributed by atoms with van der Waals surface area (Å²) in [7, 11) is 0. The fraction of sp³-hybridized carbons (Fsp3) is 0.500. The van der Waals surface area contributed by atoms with Crippen molar-refractivity contribution in [3.8, 4) is 0 Å². The zero-order chi connectivity index (χ0) is 14.7. The van der Waals surface area contributed by atoms with Crippen molar-refractivity contribution in [3.05, 3.63) is 35.9 Å². The number of rotatable bonds is 2. The molecule has 2 heterocycles. The first-order chi connectivity index (χ1) is 10.3. The molecule has 0 bridgehead atoms. The highest BCUT2D eigenvalue weighted by molar-refractivity contribution is 5.91. The lowest BCUT2D eigenvalue weighted by Crippen LogP contribution is -2.46. The molecule has 0 spiro atoms. The summed E-state index contributed by atoms with van der Waals surface area (Å²) in [6.45, 7) is 1.87. The van der Waals surface area contributed by atoms with Gasteiger partial charge in [-0.3, -0.25) is 9.59 Å². The van der Waals surface area contributed by atoms with E-state index in [2.05, 4.69) is 5.32 Å². The number of ether oxygens (including phenoxy) is 1. The standard InChI is InChI=1S/C16H20N2O3/c19-14-6-9-18(13-7-10-21-11-8-13)16(20)15(17-14)12-4-2-1-3-5-12/h1-5,13,15H,6-11H2,(H,17,19). The van der Waals surface area contributed by atoms with E-state index in [0.29, 0.717) is 26.2 Å². The van der Waals surface area contributed by atoms with Crippen LogP contribution in [-0.4, -0.2) is 42.5 Å². The summed E-state index contributed by atoms with van der Waals surface area (Å²) in [5.41, 5.74) is 0.842.